The lowest BCUT2D eigenvalue weighted by Gasteiger charge is -2.29. The molecule has 0 aromatic heterocycles. The van der Waals surface area contributed by atoms with E-state index >= 15 is 0 Å². The van der Waals surface area contributed by atoms with E-state index in [1.54, 1.807) is 0 Å². The number of alkyl halides is 3. The van der Waals surface area contributed by atoms with Crippen LogP contribution in [0.3, 0.4) is 0 Å². The molecule has 1 heterocycles. The Hall–Kier alpha value is 1.34. The molecule has 1 aliphatic rings. The van der Waals surface area contributed by atoms with Gasteiger partial charge in [-0.05, 0) is 6.04 Å². The Morgan fingerprint density at radius 2 is 1.90 bits per heavy atom. The maximum atomic E-state index is 5.81. The topological polar surface area (TPSA) is 9.23 Å². The molecule has 1 saturated heterocycles. The highest BCUT2D eigenvalue weighted by Gasteiger charge is 2.35. The SMILES string of the molecule is ClC1C[SiH](Cl)OC(Cl)C1Cl. The lowest BCUT2D eigenvalue weighted by molar-refractivity contribution is 0.264. The molecular formula is C4H6Cl4OSi. The molecule has 0 aromatic carbocycles. The van der Waals surface area contributed by atoms with Crippen LogP contribution in [0.4, 0.5) is 0 Å². The summed E-state index contributed by atoms with van der Waals surface area (Å²) in [5.41, 5.74) is -0.507. The fourth-order valence-corrected chi connectivity index (χ4v) is 4.97. The predicted octanol–water partition coefficient (Wildman–Crippen LogP) is 2.26. The minimum Gasteiger partial charge on any atom is -0.387 e. The Balaban J connectivity index is 2.49. The summed E-state index contributed by atoms with van der Waals surface area (Å²) in [5, 5.41) is -0.446. The molecule has 0 N–H and O–H groups in total. The van der Waals surface area contributed by atoms with Gasteiger partial charge in [-0.15, -0.1) is 34.3 Å². The van der Waals surface area contributed by atoms with Crippen molar-refractivity contribution in [2.24, 2.45) is 0 Å². The summed E-state index contributed by atoms with van der Waals surface area (Å²) in [6, 6.07) is 0.681. The van der Waals surface area contributed by atoms with Crippen molar-refractivity contribution in [2.75, 3.05) is 0 Å². The van der Waals surface area contributed by atoms with Gasteiger partial charge in [-0.3, -0.25) is 0 Å². The van der Waals surface area contributed by atoms with Crippen molar-refractivity contribution in [3.63, 3.8) is 0 Å². The van der Waals surface area contributed by atoms with E-state index in [9.17, 15) is 0 Å². The minimum atomic E-state index is -1.62. The van der Waals surface area contributed by atoms with Crippen molar-refractivity contribution < 1.29 is 4.43 Å². The van der Waals surface area contributed by atoms with Gasteiger partial charge in [0.2, 0.25) is 0 Å². The highest BCUT2D eigenvalue weighted by atomic mass is 35.6. The predicted molar refractivity (Wildman–Crippen MR) is 47.8 cm³/mol. The quantitative estimate of drug-likeness (QED) is 0.358. The highest BCUT2D eigenvalue weighted by molar-refractivity contribution is 7.03. The molecule has 0 radical (unpaired) electrons. The van der Waals surface area contributed by atoms with E-state index in [2.05, 4.69) is 0 Å². The maximum Gasteiger partial charge on any atom is 0.277 e. The van der Waals surface area contributed by atoms with Crippen LogP contribution >= 0.6 is 45.9 Å². The first kappa shape index (κ1) is 9.43. The first-order valence-corrected chi connectivity index (χ1v) is 7.17. The molecule has 6 heteroatoms. The van der Waals surface area contributed by atoms with E-state index < -0.39 is 13.9 Å². The van der Waals surface area contributed by atoms with Gasteiger partial charge in [-0.2, -0.15) is 0 Å². The Morgan fingerprint density at radius 3 is 2.40 bits per heavy atom. The maximum absolute atomic E-state index is 5.81. The summed E-state index contributed by atoms with van der Waals surface area (Å²) in [5.74, 6) is 0. The third-order valence-corrected chi connectivity index (χ3v) is 5.68. The second kappa shape index (κ2) is 3.83. The van der Waals surface area contributed by atoms with Gasteiger partial charge >= 0.3 is 0 Å². The van der Waals surface area contributed by atoms with Gasteiger partial charge in [0.25, 0.3) is 8.35 Å². The van der Waals surface area contributed by atoms with Crippen LogP contribution in [0.25, 0.3) is 0 Å². The average Bonchev–Trinajstić information content (AvgIpc) is 1.82. The van der Waals surface area contributed by atoms with Gasteiger partial charge in [0.1, 0.15) is 5.56 Å². The Morgan fingerprint density at radius 1 is 1.30 bits per heavy atom. The summed E-state index contributed by atoms with van der Waals surface area (Å²) in [4.78, 5) is 0. The van der Waals surface area contributed by atoms with Crippen molar-refractivity contribution in [3.05, 3.63) is 0 Å². The smallest absolute Gasteiger partial charge is 0.277 e. The van der Waals surface area contributed by atoms with Crippen LogP contribution in [0, 0.1) is 0 Å². The molecule has 1 nitrogen and oxygen atoms in total. The zero-order chi connectivity index (χ0) is 7.72. The molecule has 10 heavy (non-hydrogen) atoms. The third kappa shape index (κ3) is 2.16. The molecule has 0 saturated carbocycles. The summed E-state index contributed by atoms with van der Waals surface area (Å²) >= 11 is 23.0. The van der Waals surface area contributed by atoms with Gasteiger partial charge in [0.15, 0.2) is 0 Å². The van der Waals surface area contributed by atoms with Crippen LogP contribution in [0.2, 0.25) is 6.04 Å². The van der Waals surface area contributed by atoms with Crippen LogP contribution in [0.1, 0.15) is 0 Å². The second-order valence-corrected chi connectivity index (χ2v) is 6.61. The standard InChI is InChI=1S/C4H6Cl4OSi/c5-2-1-10(8)9-4(7)3(2)6/h2-4,10H,1H2. The van der Waals surface area contributed by atoms with Gasteiger partial charge in [0, 0.05) is 0 Å². The first-order valence-electron chi connectivity index (χ1n) is 2.83. The number of hydrogen-bond donors (Lipinski definition) is 0. The van der Waals surface area contributed by atoms with Crippen molar-refractivity contribution in [2.45, 2.75) is 22.4 Å². The van der Waals surface area contributed by atoms with Crippen molar-refractivity contribution in [3.8, 4) is 0 Å². The molecule has 1 rings (SSSR count). The Labute approximate surface area is 81.0 Å². The van der Waals surface area contributed by atoms with Gasteiger partial charge in [-0.1, -0.05) is 11.6 Å². The lowest BCUT2D eigenvalue weighted by Crippen LogP contribution is -2.39. The molecule has 60 valence electrons. The molecule has 4 atom stereocenters. The minimum absolute atomic E-state index is 0.132. The zero-order valence-electron chi connectivity index (χ0n) is 4.94. The molecular weight excluding hydrogens is 234 g/mol. The number of halogens is 4. The van der Waals surface area contributed by atoms with E-state index in [0.717, 1.165) is 0 Å². The molecule has 4 unspecified atom stereocenters. The van der Waals surface area contributed by atoms with Crippen LogP contribution in [0.15, 0.2) is 0 Å². The van der Waals surface area contributed by atoms with Crippen LogP contribution in [-0.4, -0.2) is 24.7 Å². The van der Waals surface area contributed by atoms with Gasteiger partial charge < -0.3 is 4.43 Å². The van der Waals surface area contributed by atoms with Crippen molar-refractivity contribution in [1.82, 2.24) is 0 Å². The van der Waals surface area contributed by atoms with Gasteiger partial charge in [-0.25, -0.2) is 0 Å². The van der Waals surface area contributed by atoms with Crippen molar-refractivity contribution >= 4 is 54.2 Å². The average molecular weight is 240 g/mol. The van der Waals surface area contributed by atoms with E-state index in [-0.39, 0.29) is 10.8 Å². The summed E-state index contributed by atoms with van der Waals surface area (Å²) < 4.78 is 5.12. The van der Waals surface area contributed by atoms with Crippen LogP contribution < -0.4 is 0 Å². The largest absolute Gasteiger partial charge is 0.387 e. The molecule has 0 amide bonds. The van der Waals surface area contributed by atoms with Gasteiger partial charge in [0.05, 0.1) is 10.8 Å². The Bertz CT molecular complexity index is 112. The van der Waals surface area contributed by atoms with E-state index in [1.807, 2.05) is 0 Å². The van der Waals surface area contributed by atoms with Crippen LogP contribution in [0.5, 0.6) is 0 Å². The first-order chi connectivity index (χ1) is 4.61. The highest BCUT2D eigenvalue weighted by Crippen LogP contribution is 2.30. The summed E-state index contributed by atoms with van der Waals surface area (Å²) in [6.07, 6.45) is 0. The van der Waals surface area contributed by atoms with E-state index in [1.165, 1.54) is 0 Å². The van der Waals surface area contributed by atoms with Crippen LogP contribution in [-0.2, 0) is 4.43 Å². The normalized spacial score (nSPS) is 49.2. The third-order valence-electron chi connectivity index (χ3n) is 1.28. The van der Waals surface area contributed by atoms with E-state index in [0.29, 0.717) is 6.04 Å². The molecule has 1 aliphatic heterocycles. The summed E-state index contributed by atoms with van der Waals surface area (Å²) in [6.45, 7) is 0. The molecule has 0 spiro atoms. The van der Waals surface area contributed by atoms with E-state index in [4.69, 9.17) is 50.3 Å². The Kier molecular flexibility index (Phi) is 3.61. The summed E-state index contributed by atoms with van der Waals surface area (Å²) in [7, 11) is -1.62. The zero-order valence-corrected chi connectivity index (χ0v) is 9.12. The fraction of sp³-hybridized carbons (Fsp3) is 1.00. The molecule has 1 fully saturated rings. The van der Waals surface area contributed by atoms with Crippen molar-refractivity contribution in [1.29, 1.82) is 0 Å². The fourth-order valence-electron chi connectivity index (χ4n) is 0.743. The second-order valence-electron chi connectivity index (χ2n) is 2.09. The molecule has 0 bridgehead atoms. The lowest BCUT2D eigenvalue weighted by atomic mass is 10.3. The number of hydrogen-bond acceptors (Lipinski definition) is 1. The molecule has 0 aliphatic carbocycles. The molecule has 0 aromatic rings. The monoisotopic (exact) mass is 238 g/mol. The number of rotatable bonds is 0.